The highest BCUT2D eigenvalue weighted by molar-refractivity contribution is 7.97. The minimum absolute atomic E-state index is 0.0790. The van der Waals surface area contributed by atoms with Crippen molar-refractivity contribution in [2.24, 2.45) is 0 Å². The van der Waals surface area contributed by atoms with Crippen LogP contribution < -0.4 is 4.74 Å². The molecule has 186 valence electrons. The van der Waals surface area contributed by atoms with Crippen LogP contribution in [0.25, 0.3) is 0 Å². The number of halogens is 8. The predicted molar refractivity (Wildman–Crippen MR) is 118 cm³/mol. The highest BCUT2D eigenvalue weighted by Gasteiger charge is 2.35. The maximum absolute atomic E-state index is 13.4. The van der Waals surface area contributed by atoms with Crippen LogP contribution in [0.5, 0.6) is 11.5 Å². The van der Waals surface area contributed by atoms with Crippen LogP contribution in [0.4, 0.5) is 35.1 Å². The molecule has 0 amide bonds. The van der Waals surface area contributed by atoms with E-state index in [0.717, 1.165) is 36.4 Å². The highest BCUT2D eigenvalue weighted by Crippen LogP contribution is 2.37. The molecule has 0 fully saturated rings. The van der Waals surface area contributed by atoms with Crippen LogP contribution in [0.3, 0.4) is 0 Å². The molecule has 10 heteroatoms. The molecule has 4 aromatic rings. The monoisotopic (exact) mass is 527 g/mol. The minimum atomic E-state index is -4.54. The molecule has 4 rings (SSSR count). The molecule has 0 radical (unpaired) electrons. The quantitative estimate of drug-likeness (QED) is 0.186. The number of hydrogen-bond acceptors (Lipinski definition) is 1. The van der Waals surface area contributed by atoms with E-state index >= 15 is 0 Å². The van der Waals surface area contributed by atoms with Gasteiger partial charge in [-0.25, -0.2) is 8.78 Å². The van der Waals surface area contributed by atoms with Crippen LogP contribution in [-0.2, 0) is 23.2 Å². The van der Waals surface area contributed by atoms with Crippen LogP contribution in [0.15, 0.2) is 106 Å². The summed E-state index contributed by atoms with van der Waals surface area (Å²) in [6.45, 7) is 0. The Morgan fingerprint density at radius 2 is 0.833 bits per heavy atom. The topological polar surface area (TPSA) is 9.23 Å². The largest absolute Gasteiger partial charge is 0.457 e. The Morgan fingerprint density at radius 3 is 1.19 bits per heavy atom. The lowest BCUT2D eigenvalue weighted by Gasteiger charge is -2.12. The second-order valence-electron chi connectivity index (χ2n) is 7.53. The van der Waals surface area contributed by atoms with Gasteiger partial charge in [-0.3, -0.25) is 0 Å². The number of hydrogen-bond donors (Lipinski definition) is 0. The van der Waals surface area contributed by atoms with Crippen molar-refractivity contribution in [3.8, 4) is 11.5 Å². The van der Waals surface area contributed by atoms with Crippen molar-refractivity contribution >= 4 is 10.9 Å². The Kier molecular flexibility index (Phi) is 6.99. The minimum Gasteiger partial charge on any atom is -0.457 e. The van der Waals surface area contributed by atoms with Gasteiger partial charge in [-0.15, -0.1) is 0 Å². The standard InChI is InChI=1S/C26H15F8OS/c27-18-13-19(28)15-21(14-18)35-20-5-11-24(12-6-20)36(22-7-1-16(2-8-22)25(29,30)31)23-9-3-17(4-10-23)26(32,33)34/h1-15H/q+1. The lowest BCUT2D eigenvalue weighted by Crippen LogP contribution is -2.09. The molecular weight excluding hydrogens is 512 g/mol. The zero-order valence-corrected chi connectivity index (χ0v) is 18.8. The molecule has 0 aliphatic heterocycles. The van der Waals surface area contributed by atoms with Gasteiger partial charge in [0, 0.05) is 18.2 Å². The Morgan fingerprint density at radius 1 is 0.472 bits per heavy atom. The van der Waals surface area contributed by atoms with Crippen LogP contribution in [-0.4, -0.2) is 0 Å². The van der Waals surface area contributed by atoms with Gasteiger partial charge in [-0.05, 0) is 72.8 Å². The first-order valence-corrected chi connectivity index (χ1v) is 11.5. The van der Waals surface area contributed by atoms with Gasteiger partial charge in [-0.1, -0.05) is 0 Å². The van der Waals surface area contributed by atoms with E-state index in [-0.39, 0.29) is 11.5 Å². The Bertz CT molecular complexity index is 1250. The lowest BCUT2D eigenvalue weighted by molar-refractivity contribution is -0.138. The molecule has 0 atom stereocenters. The van der Waals surface area contributed by atoms with Crippen molar-refractivity contribution in [3.05, 3.63) is 114 Å². The predicted octanol–water partition coefficient (Wildman–Crippen LogP) is 8.89. The number of ether oxygens (including phenoxy) is 1. The Labute approximate surface area is 203 Å². The van der Waals surface area contributed by atoms with Crippen molar-refractivity contribution in [3.63, 3.8) is 0 Å². The normalized spacial score (nSPS) is 12.1. The first-order chi connectivity index (χ1) is 16.9. The molecule has 0 aliphatic rings. The number of alkyl halides is 6. The first kappa shape index (κ1) is 25.6. The van der Waals surface area contributed by atoms with E-state index in [9.17, 15) is 35.1 Å². The molecule has 0 saturated heterocycles. The zero-order chi connectivity index (χ0) is 26.1. The summed E-state index contributed by atoms with van der Waals surface area (Å²) >= 11 is 0. The van der Waals surface area contributed by atoms with E-state index in [2.05, 4.69) is 0 Å². The molecule has 36 heavy (non-hydrogen) atoms. The van der Waals surface area contributed by atoms with Crippen LogP contribution in [0.1, 0.15) is 11.1 Å². The van der Waals surface area contributed by atoms with Crippen LogP contribution >= 0.6 is 0 Å². The van der Waals surface area contributed by atoms with Gasteiger partial charge in [0.15, 0.2) is 14.7 Å². The van der Waals surface area contributed by atoms with Crippen molar-refractivity contribution in [1.29, 1.82) is 0 Å². The maximum Gasteiger partial charge on any atom is 0.416 e. The third-order valence-corrected chi connectivity index (χ3v) is 7.20. The zero-order valence-electron chi connectivity index (χ0n) is 18.0. The summed E-state index contributed by atoms with van der Waals surface area (Å²) < 4.78 is 110. The first-order valence-electron chi connectivity index (χ1n) is 10.2. The molecule has 0 unspecified atom stereocenters. The summed E-state index contributed by atoms with van der Waals surface area (Å²) in [4.78, 5) is 1.47. The molecule has 0 heterocycles. The van der Waals surface area contributed by atoms with E-state index in [1.165, 1.54) is 36.4 Å². The summed E-state index contributed by atoms with van der Waals surface area (Å²) in [6.07, 6.45) is -9.08. The van der Waals surface area contributed by atoms with Gasteiger partial charge in [0.2, 0.25) is 0 Å². The molecule has 0 N–H and O–H groups in total. The van der Waals surface area contributed by atoms with Crippen molar-refractivity contribution in [2.75, 3.05) is 0 Å². The molecule has 0 spiro atoms. The van der Waals surface area contributed by atoms with Gasteiger partial charge in [0.25, 0.3) is 0 Å². The van der Waals surface area contributed by atoms with Gasteiger partial charge < -0.3 is 4.74 Å². The fourth-order valence-electron chi connectivity index (χ4n) is 3.34. The fourth-order valence-corrected chi connectivity index (χ4v) is 5.38. The number of rotatable bonds is 5. The molecule has 0 saturated carbocycles. The van der Waals surface area contributed by atoms with E-state index in [4.69, 9.17) is 4.74 Å². The highest BCUT2D eigenvalue weighted by atomic mass is 32.2. The molecule has 0 bridgehead atoms. The Hall–Kier alpha value is -3.53. The molecule has 4 aromatic carbocycles. The molecule has 0 aromatic heterocycles. The molecule has 0 aliphatic carbocycles. The summed E-state index contributed by atoms with van der Waals surface area (Å²) in [6, 6.07) is 17.6. The second-order valence-corrected chi connectivity index (χ2v) is 9.56. The van der Waals surface area contributed by atoms with E-state index < -0.39 is 46.0 Å². The average molecular weight is 527 g/mol. The van der Waals surface area contributed by atoms with Gasteiger partial charge in [-0.2, -0.15) is 26.3 Å². The summed E-state index contributed by atoms with van der Waals surface area (Å²) in [5.41, 5.74) is -1.71. The van der Waals surface area contributed by atoms with E-state index in [1.54, 1.807) is 12.1 Å². The van der Waals surface area contributed by atoms with Crippen LogP contribution in [0.2, 0.25) is 0 Å². The third kappa shape index (κ3) is 5.99. The van der Waals surface area contributed by atoms with Crippen molar-refractivity contribution in [1.82, 2.24) is 0 Å². The van der Waals surface area contributed by atoms with Gasteiger partial charge in [0.05, 0.1) is 22.0 Å². The van der Waals surface area contributed by atoms with Gasteiger partial charge in [0.1, 0.15) is 23.1 Å². The molecular formula is C26H15F8OS+. The second kappa shape index (κ2) is 9.85. The van der Waals surface area contributed by atoms with E-state index in [1.807, 2.05) is 0 Å². The smallest absolute Gasteiger partial charge is 0.416 e. The fraction of sp³-hybridized carbons (Fsp3) is 0.0769. The summed E-state index contributed by atoms with van der Waals surface area (Å²) in [7, 11) is -1.06. The van der Waals surface area contributed by atoms with E-state index in [0.29, 0.717) is 20.8 Å². The van der Waals surface area contributed by atoms with Crippen molar-refractivity contribution < 1.29 is 39.9 Å². The maximum atomic E-state index is 13.4. The summed E-state index contributed by atoms with van der Waals surface area (Å²) in [5, 5.41) is 0. The lowest BCUT2D eigenvalue weighted by atomic mass is 10.2. The van der Waals surface area contributed by atoms with Crippen molar-refractivity contribution in [2.45, 2.75) is 27.0 Å². The van der Waals surface area contributed by atoms with Gasteiger partial charge >= 0.3 is 12.4 Å². The van der Waals surface area contributed by atoms with Crippen LogP contribution in [0, 0.1) is 11.6 Å². The SMILES string of the molecule is Fc1cc(F)cc(Oc2ccc([S+](c3ccc(C(F)(F)F)cc3)c3ccc(C(F)(F)F)cc3)cc2)c1. The Balaban J connectivity index is 1.70. The average Bonchev–Trinajstić information content (AvgIpc) is 2.79. The summed E-state index contributed by atoms with van der Waals surface area (Å²) in [5.74, 6) is -1.50. The molecule has 1 nitrogen and oxygen atoms in total. The number of benzene rings is 4. The third-order valence-electron chi connectivity index (χ3n) is 4.97.